The van der Waals surface area contributed by atoms with E-state index in [1.54, 1.807) is 14.0 Å². The summed E-state index contributed by atoms with van der Waals surface area (Å²) in [5, 5.41) is 16.8. The van der Waals surface area contributed by atoms with Crippen LogP contribution in [0.15, 0.2) is 0 Å². The van der Waals surface area contributed by atoms with Crippen molar-refractivity contribution in [3.05, 3.63) is 0 Å². The molecule has 0 rings (SSSR count). The minimum absolute atomic E-state index is 0.00616. The van der Waals surface area contributed by atoms with E-state index in [0.717, 1.165) is 0 Å². The molecule has 0 heterocycles. The molecule has 0 bridgehead atoms. The summed E-state index contributed by atoms with van der Waals surface area (Å²) >= 11 is 0. The fourth-order valence-electron chi connectivity index (χ4n) is 1.08. The van der Waals surface area contributed by atoms with E-state index in [0.29, 0.717) is 12.8 Å². The Hall–Kier alpha value is -1.57. The molecular formula is C10H16N2O3. The molecule has 1 N–H and O–H groups in total. The zero-order valence-corrected chi connectivity index (χ0v) is 9.06. The van der Waals surface area contributed by atoms with Gasteiger partial charge in [-0.15, -0.1) is 0 Å². The minimum atomic E-state index is -0.893. The van der Waals surface area contributed by atoms with Crippen molar-refractivity contribution in [3.63, 3.8) is 0 Å². The SMILES string of the molecule is CC(CC#N)N(C)C(=O)CCCC(=O)O. The van der Waals surface area contributed by atoms with Crippen LogP contribution in [0, 0.1) is 11.3 Å². The van der Waals surface area contributed by atoms with Gasteiger partial charge in [-0.25, -0.2) is 0 Å². The lowest BCUT2D eigenvalue weighted by Gasteiger charge is -2.22. The van der Waals surface area contributed by atoms with E-state index in [9.17, 15) is 9.59 Å². The first-order valence-corrected chi connectivity index (χ1v) is 4.83. The van der Waals surface area contributed by atoms with Crippen LogP contribution in [0.1, 0.15) is 32.6 Å². The molecule has 0 aromatic carbocycles. The second-order valence-corrected chi connectivity index (χ2v) is 3.46. The lowest BCUT2D eigenvalue weighted by molar-refractivity contribution is -0.137. The topological polar surface area (TPSA) is 81.4 Å². The van der Waals surface area contributed by atoms with Crippen LogP contribution >= 0.6 is 0 Å². The van der Waals surface area contributed by atoms with Gasteiger partial charge in [-0.1, -0.05) is 0 Å². The van der Waals surface area contributed by atoms with E-state index < -0.39 is 5.97 Å². The first kappa shape index (κ1) is 13.4. The summed E-state index contributed by atoms with van der Waals surface area (Å²) < 4.78 is 0. The molecule has 0 aromatic heterocycles. The number of carboxylic acid groups (broad SMARTS) is 1. The van der Waals surface area contributed by atoms with Gasteiger partial charge in [0.15, 0.2) is 0 Å². The maximum atomic E-state index is 11.5. The molecule has 1 unspecified atom stereocenters. The van der Waals surface area contributed by atoms with Gasteiger partial charge in [-0.3, -0.25) is 9.59 Å². The maximum Gasteiger partial charge on any atom is 0.303 e. The number of nitrogens with zero attached hydrogens (tertiary/aromatic N) is 2. The summed E-state index contributed by atoms with van der Waals surface area (Å²) in [7, 11) is 1.63. The second-order valence-electron chi connectivity index (χ2n) is 3.46. The first-order valence-electron chi connectivity index (χ1n) is 4.83. The Morgan fingerprint density at radius 1 is 1.47 bits per heavy atom. The molecule has 5 nitrogen and oxygen atoms in total. The van der Waals surface area contributed by atoms with Crippen molar-refractivity contribution in [2.24, 2.45) is 0 Å². The van der Waals surface area contributed by atoms with E-state index in [-0.39, 0.29) is 24.8 Å². The van der Waals surface area contributed by atoms with Gasteiger partial charge in [0.05, 0.1) is 12.5 Å². The molecule has 5 heteroatoms. The Morgan fingerprint density at radius 3 is 2.53 bits per heavy atom. The number of carboxylic acids is 1. The van der Waals surface area contributed by atoms with Gasteiger partial charge in [0.2, 0.25) is 5.91 Å². The van der Waals surface area contributed by atoms with Crippen LogP contribution in [0.25, 0.3) is 0 Å². The highest BCUT2D eigenvalue weighted by Gasteiger charge is 2.15. The van der Waals surface area contributed by atoms with Crippen LogP contribution in [0.4, 0.5) is 0 Å². The number of amides is 1. The summed E-state index contributed by atoms with van der Waals surface area (Å²) in [6.07, 6.45) is 0.865. The van der Waals surface area contributed by atoms with Crippen molar-refractivity contribution in [1.82, 2.24) is 4.90 Å². The summed E-state index contributed by atoms with van der Waals surface area (Å²) in [6.45, 7) is 1.79. The minimum Gasteiger partial charge on any atom is -0.481 e. The highest BCUT2D eigenvalue weighted by molar-refractivity contribution is 5.77. The van der Waals surface area contributed by atoms with E-state index in [1.807, 2.05) is 6.07 Å². The zero-order valence-electron chi connectivity index (χ0n) is 9.06. The number of carbonyl (C=O) groups excluding carboxylic acids is 1. The second kappa shape index (κ2) is 6.82. The van der Waals surface area contributed by atoms with Crippen LogP contribution < -0.4 is 0 Å². The summed E-state index contributed by atoms with van der Waals surface area (Å²) in [6, 6.07) is 1.87. The van der Waals surface area contributed by atoms with Gasteiger partial charge < -0.3 is 10.0 Å². The maximum absolute atomic E-state index is 11.5. The summed E-state index contributed by atoms with van der Waals surface area (Å²) in [5.41, 5.74) is 0. The van der Waals surface area contributed by atoms with Gasteiger partial charge in [0.1, 0.15) is 0 Å². The predicted octanol–water partition coefficient (Wildman–Crippen LogP) is 1.00. The van der Waals surface area contributed by atoms with Gasteiger partial charge in [-0.05, 0) is 13.3 Å². The van der Waals surface area contributed by atoms with Crippen molar-refractivity contribution in [3.8, 4) is 6.07 Å². The average Bonchev–Trinajstić information content (AvgIpc) is 2.16. The molecule has 0 saturated heterocycles. The molecule has 1 amide bonds. The third kappa shape index (κ3) is 5.68. The fourth-order valence-corrected chi connectivity index (χ4v) is 1.08. The standard InChI is InChI=1S/C10H16N2O3/c1-8(6-7-11)12(2)9(13)4-3-5-10(14)15/h8H,3-6H2,1-2H3,(H,14,15). The molecule has 1 atom stereocenters. The van der Waals surface area contributed by atoms with Crippen molar-refractivity contribution in [2.45, 2.75) is 38.6 Å². The Bertz CT molecular complexity index is 270. The van der Waals surface area contributed by atoms with Crippen LogP contribution in [0.5, 0.6) is 0 Å². The van der Waals surface area contributed by atoms with Crippen LogP contribution in [0.2, 0.25) is 0 Å². The molecule has 0 aliphatic rings. The first-order chi connectivity index (χ1) is 6.99. The van der Waals surface area contributed by atoms with Crippen molar-refractivity contribution >= 4 is 11.9 Å². The third-order valence-corrected chi connectivity index (χ3v) is 2.22. The largest absolute Gasteiger partial charge is 0.481 e. The lowest BCUT2D eigenvalue weighted by Crippen LogP contribution is -2.34. The van der Waals surface area contributed by atoms with Crippen molar-refractivity contribution < 1.29 is 14.7 Å². The molecule has 0 aliphatic carbocycles. The molecule has 15 heavy (non-hydrogen) atoms. The molecule has 84 valence electrons. The van der Waals surface area contributed by atoms with Crippen molar-refractivity contribution in [1.29, 1.82) is 5.26 Å². The Labute approximate surface area is 89.3 Å². The quantitative estimate of drug-likeness (QED) is 0.712. The van der Waals surface area contributed by atoms with Crippen LogP contribution in [0.3, 0.4) is 0 Å². The highest BCUT2D eigenvalue weighted by atomic mass is 16.4. The monoisotopic (exact) mass is 212 g/mol. The molecular weight excluding hydrogens is 196 g/mol. The number of aliphatic carboxylic acids is 1. The van der Waals surface area contributed by atoms with Gasteiger partial charge in [0, 0.05) is 25.9 Å². The highest BCUT2D eigenvalue weighted by Crippen LogP contribution is 2.05. The van der Waals surface area contributed by atoms with E-state index in [2.05, 4.69) is 0 Å². The summed E-state index contributed by atoms with van der Waals surface area (Å²) in [4.78, 5) is 23.2. The molecule has 0 spiro atoms. The van der Waals surface area contributed by atoms with Crippen molar-refractivity contribution in [2.75, 3.05) is 7.05 Å². The fraction of sp³-hybridized carbons (Fsp3) is 0.700. The molecule has 0 fully saturated rings. The molecule has 0 aliphatic heterocycles. The van der Waals surface area contributed by atoms with Crippen LogP contribution in [-0.4, -0.2) is 35.0 Å². The predicted molar refractivity (Wildman–Crippen MR) is 53.9 cm³/mol. The van der Waals surface area contributed by atoms with Crippen LogP contribution in [-0.2, 0) is 9.59 Å². The normalized spacial score (nSPS) is 11.5. The molecule has 0 saturated carbocycles. The van der Waals surface area contributed by atoms with Gasteiger partial charge in [-0.2, -0.15) is 5.26 Å². The lowest BCUT2D eigenvalue weighted by atomic mass is 10.2. The average molecular weight is 212 g/mol. The Kier molecular flexibility index (Phi) is 6.11. The van der Waals surface area contributed by atoms with E-state index >= 15 is 0 Å². The van der Waals surface area contributed by atoms with E-state index in [4.69, 9.17) is 10.4 Å². The molecule has 0 aromatic rings. The number of rotatable bonds is 6. The summed E-state index contributed by atoms with van der Waals surface area (Å²) in [5.74, 6) is -1.01. The van der Waals surface area contributed by atoms with Gasteiger partial charge in [0.25, 0.3) is 0 Å². The Morgan fingerprint density at radius 2 is 2.07 bits per heavy atom. The molecule has 0 radical (unpaired) electrons. The smallest absolute Gasteiger partial charge is 0.303 e. The van der Waals surface area contributed by atoms with E-state index in [1.165, 1.54) is 4.90 Å². The number of hydrogen-bond donors (Lipinski definition) is 1. The Balaban J connectivity index is 3.89. The number of hydrogen-bond acceptors (Lipinski definition) is 3. The van der Waals surface area contributed by atoms with Gasteiger partial charge >= 0.3 is 5.97 Å². The third-order valence-electron chi connectivity index (χ3n) is 2.22. The number of nitriles is 1. The number of carbonyl (C=O) groups is 2. The zero-order chi connectivity index (χ0) is 11.8.